The molecule has 3 fully saturated rings. The zero-order valence-electron chi connectivity index (χ0n) is 15.2. The molecule has 0 aliphatic heterocycles. The molecule has 0 aromatic carbocycles. The molecule has 0 radical (unpaired) electrons. The maximum absolute atomic E-state index is 11.1. The summed E-state index contributed by atoms with van der Waals surface area (Å²) in [5.74, 6) is 1.14. The molecule has 4 aliphatic carbocycles. The van der Waals surface area contributed by atoms with Crippen molar-refractivity contribution in [2.24, 2.45) is 34.5 Å². The van der Waals surface area contributed by atoms with Gasteiger partial charge in [-0.2, -0.15) is 0 Å². The summed E-state index contributed by atoms with van der Waals surface area (Å²) >= 11 is 0. The Labute approximate surface area is 149 Å². The van der Waals surface area contributed by atoms with E-state index in [-0.39, 0.29) is 22.7 Å². The predicted molar refractivity (Wildman–Crippen MR) is 93.7 cm³/mol. The molecular weight excluding hydrogens is 314 g/mol. The number of nitrogens with zero attached hydrogens (tertiary/aromatic N) is 1. The lowest BCUT2D eigenvalue weighted by atomic mass is 9.44. The van der Waals surface area contributed by atoms with Crippen LogP contribution in [0.3, 0.4) is 0 Å². The minimum atomic E-state index is -0.674. The summed E-state index contributed by atoms with van der Waals surface area (Å²) in [5.41, 5.74) is 3.68. The average Bonchev–Trinajstić information content (AvgIpc) is 3.15. The number of rotatable bonds is 0. The van der Waals surface area contributed by atoms with Crippen molar-refractivity contribution in [3.8, 4) is 0 Å². The molecule has 136 valence electrons. The lowest BCUT2D eigenvalue weighted by Crippen LogP contribution is -2.64. The Balaban J connectivity index is 1.59. The van der Waals surface area contributed by atoms with Gasteiger partial charge in [-0.05, 0) is 73.0 Å². The van der Waals surface area contributed by atoms with Crippen molar-refractivity contribution < 1.29 is 14.7 Å². The molecule has 1 aromatic rings. The van der Waals surface area contributed by atoms with Crippen LogP contribution in [0.25, 0.3) is 0 Å². The lowest BCUT2D eigenvalue weighted by molar-refractivity contribution is -0.201. The molecule has 0 amide bonds. The van der Waals surface area contributed by atoms with Gasteiger partial charge in [0.1, 0.15) is 6.26 Å². The van der Waals surface area contributed by atoms with Crippen molar-refractivity contribution in [3.63, 3.8) is 0 Å². The standard InChI is InChI=1S/C21H29NO3/c1-11-4-5-13-17-14(6-7-20(11,13)2)21(3)9-12-10-25-22-16(12)8-15(21)18(23)19(17)24/h10,13-15,17-19,23-24H,1,4-9H2,2-3H3/t13?,14?,15?,17?,18-,19-,20-,21-/m1/s1. The lowest BCUT2D eigenvalue weighted by Gasteiger charge is -2.62. The SMILES string of the molecule is C=C1CCC2C3C(CC[C@]12C)[C@@]1(C)Cc2conc2CC1[C@@H](O)[C@@H]3O. The Morgan fingerprint density at radius 1 is 1.16 bits per heavy atom. The fourth-order valence-corrected chi connectivity index (χ4v) is 7.31. The third-order valence-electron chi connectivity index (χ3n) is 8.85. The minimum Gasteiger partial charge on any atom is -0.390 e. The van der Waals surface area contributed by atoms with E-state index < -0.39 is 12.2 Å². The zero-order valence-corrected chi connectivity index (χ0v) is 15.2. The van der Waals surface area contributed by atoms with E-state index >= 15 is 0 Å². The second-order valence-corrected chi connectivity index (χ2v) is 9.65. The van der Waals surface area contributed by atoms with E-state index in [4.69, 9.17) is 4.52 Å². The molecule has 4 aliphatic rings. The van der Waals surface area contributed by atoms with Gasteiger partial charge in [0.15, 0.2) is 0 Å². The van der Waals surface area contributed by atoms with Crippen molar-refractivity contribution in [3.05, 3.63) is 29.7 Å². The van der Waals surface area contributed by atoms with Crippen LogP contribution >= 0.6 is 0 Å². The molecule has 4 heteroatoms. The third kappa shape index (κ3) is 1.88. The van der Waals surface area contributed by atoms with Crippen LogP contribution in [0.2, 0.25) is 0 Å². The van der Waals surface area contributed by atoms with E-state index in [0.717, 1.165) is 37.8 Å². The van der Waals surface area contributed by atoms with Crippen LogP contribution < -0.4 is 0 Å². The summed E-state index contributed by atoms with van der Waals surface area (Å²) in [6.45, 7) is 9.03. The fraction of sp³-hybridized carbons (Fsp3) is 0.762. The first kappa shape index (κ1) is 16.1. The Morgan fingerprint density at radius 2 is 1.96 bits per heavy atom. The van der Waals surface area contributed by atoms with Crippen LogP contribution in [0.5, 0.6) is 0 Å². The normalized spacial score (nSPS) is 51.4. The molecule has 1 heterocycles. The van der Waals surface area contributed by atoms with Gasteiger partial charge in [0.25, 0.3) is 0 Å². The van der Waals surface area contributed by atoms with E-state index in [2.05, 4.69) is 25.6 Å². The van der Waals surface area contributed by atoms with Gasteiger partial charge in [0, 0.05) is 5.56 Å². The van der Waals surface area contributed by atoms with E-state index in [1.54, 1.807) is 6.26 Å². The van der Waals surface area contributed by atoms with E-state index in [9.17, 15) is 10.2 Å². The van der Waals surface area contributed by atoms with Gasteiger partial charge in [-0.15, -0.1) is 0 Å². The summed E-state index contributed by atoms with van der Waals surface area (Å²) in [5, 5.41) is 26.4. The number of allylic oxidation sites excluding steroid dienone is 1. The van der Waals surface area contributed by atoms with Crippen LogP contribution in [-0.4, -0.2) is 27.6 Å². The Hall–Kier alpha value is -1.13. The van der Waals surface area contributed by atoms with Gasteiger partial charge < -0.3 is 14.7 Å². The number of aromatic nitrogens is 1. The molecular formula is C21H29NO3. The summed E-state index contributed by atoms with van der Waals surface area (Å²) in [6, 6.07) is 0. The monoisotopic (exact) mass is 343 g/mol. The van der Waals surface area contributed by atoms with Crippen LogP contribution in [0.4, 0.5) is 0 Å². The molecule has 4 unspecified atom stereocenters. The highest BCUT2D eigenvalue weighted by molar-refractivity contribution is 5.28. The molecule has 0 saturated heterocycles. The first-order chi connectivity index (χ1) is 11.9. The highest BCUT2D eigenvalue weighted by Crippen LogP contribution is 2.66. The summed E-state index contributed by atoms with van der Waals surface area (Å²) in [6.07, 6.45) is 6.58. The van der Waals surface area contributed by atoms with Crippen molar-refractivity contribution >= 4 is 0 Å². The molecule has 25 heavy (non-hydrogen) atoms. The average molecular weight is 343 g/mol. The number of fused-ring (bicyclic) bond motifs is 6. The van der Waals surface area contributed by atoms with Crippen molar-refractivity contribution in [1.82, 2.24) is 5.16 Å². The number of hydrogen-bond acceptors (Lipinski definition) is 4. The molecule has 2 N–H and O–H groups in total. The molecule has 8 atom stereocenters. The highest BCUT2D eigenvalue weighted by atomic mass is 16.5. The van der Waals surface area contributed by atoms with E-state index in [1.807, 2.05) is 0 Å². The second-order valence-electron chi connectivity index (χ2n) is 9.65. The summed E-state index contributed by atoms with van der Waals surface area (Å²) < 4.78 is 5.21. The van der Waals surface area contributed by atoms with E-state index in [0.29, 0.717) is 11.8 Å². The van der Waals surface area contributed by atoms with Gasteiger partial charge >= 0.3 is 0 Å². The topological polar surface area (TPSA) is 66.5 Å². The summed E-state index contributed by atoms with van der Waals surface area (Å²) in [7, 11) is 0. The predicted octanol–water partition coefficient (Wildman–Crippen LogP) is 3.13. The number of aliphatic hydroxyl groups excluding tert-OH is 2. The summed E-state index contributed by atoms with van der Waals surface area (Å²) in [4.78, 5) is 0. The maximum Gasteiger partial charge on any atom is 0.127 e. The van der Waals surface area contributed by atoms with Crippen LogP contribution in [0, 0.1) is 34.5 Å². The van der Waals surface area contributed by atoms with Crippen LogP contribution in [0.15, 0.2) is 22.9 Å². The largest absolute Gasteiger partial charge is 0.390 e. The number of aliphatic hydroxyl groups is 2. The molecule has 0 bridgehead atoms. The second kappa shape index (κ2) is 4.98. The quantitative estimate of drug-likeness (QED) is 0.710. The van der Waals surface area contributed by atoms with E-state index in [1.165, 1.54) is 17.6 Å². The molecule has 4 nitrogen and oxygen atoms in total. The Bertz CT molecular complexity index is 726. The Kier molecular flexibility index (Phi) is 3.20. The van der Waals surface area contributed by atoms with Gasteiger partial charge in [0.2, 0.25) is 0 Å². The molecule has 0 spiro atoms. The van der Waals surface area contributed by atoms with Crippen LogP contribution in [0.1, 0.15) is 50.8 Å². The molecule has 3 saturated carbocycles. The molecule has 5 rings (SSSR count). The third-order valence-corrected chi connectivity index (χ3v) is 8.85. The first-order valence-corrected chi connectivity index (χ1v) is 9.83. The maximum atomic E-state index is 11.1. The van der Waals surface area contributed by atoms with Crippen molar-refractivity contribution in [2.45, 2.75) is 64.6 Å². The van der Waals surface area contributed by atoms with Crippen molar-refractivity contribution in [2.75, 3.05) is 0 Å². The molecule has 1 aromatic heterocycles. The minimum absolute atomic E-state index is 0.00706. The first-order valence-electron chi connectivity index (χ1n) is 9.83. The van der Waals surface area contributed by atoms with Gasteiger partial charge in [-0.25, -0.2) is 0 Å². The van der Waals surface area contributed by atoms with Gasteiger partial charge in [0.05, 0.1) is 17.9 Å². The smallest absolute Gasteiger partial charge is 0.127 e. The highest BCUT2D eigenvalue weighted by Gasteiger charge is 2.64. The van der Waals surface area contributed by atoms with Gasteiger partial charge in [-0.1, -0.05) is 31.2 Å². The zero-order chi connectivity index (χ0) is 17.6. The van der Waals surface area contributed by atoms with Gasteiger partial charge in [-0.3, -0.25) is 0 Å². The van der Waals surface area contributed by atoms with Crippen LogP contribution in [-0.2, 0) is 12.8 Å². The number of hydrogen-bond donors (Lipinski definition) is 2. The fourth-order valence-electron chi connectivity index (χ4n) is 7.31. The Morgan fingerprint density at radius 3 is 2.76 bits per heavy atom. The van der Waals surface area contributed by atoms with Crippen molar-refractivity contribution in [1.29, 1.82) is 0 Å².